The second-order valence-electron chi connectivity index (χ2n) is 3.61. The van der Waals surface area contributed by atoms with Crippen molar-refractivity contribution in [1.82, 2.24) is 4.98 Å². The van der Waals surface area contributed by atoms with Gasteiger partial charge in [0.2, 0.25) is 0 Å². The molecule has 1 atom stereocenters. The van der Waals surface area contributed by atoms with Gasteiger partial charge in [0.15, 0.2) is 0 Å². The predicted molar refractivity (Wildman–Crippen MR) is 66.0 cm³/mol. The van der Waals surface area contributed by atoms with Crippen molar-refractivity contribution in [1.29, 1.82) is 0 Å². The van der Waals surface area contributed by atoms with E-state index in [1.165, 1.54) is 24.3 Å². The van der Waals surface area contributed by atoms with E-state index in [0.29, 0.717) is 11.9 Å². The van der Waals surface area contributed by atoms with E-state index >= 15 is 0 Å². The van der Waals surface area contributed by atoms with E-state index in [-0.39, 0.29) is 0 Å². The first-order chi connectivity index (χ1) is 7.38. The van der Waals surface area contributed by atoms with Gasteiger partial charge in [0.25, 0.3) is 0 Å². The summed E-state index contributed by atoms with van der Waals surface area (Å²) < 4.78 is 0. The fourth-order valence-electron chi connectivity index (χ4n) is 1.66. The number of nitrogens with one attached hydrogen (secondary N) is 2. The standard InChI is InChI=1S/C10H16N4S/c11-14-10-5-1-4-9(13-10)12-8-3-2-6-15-7-8/h1,4-5,8H,2-3,6-7,11H2,(H2,12,13,14). The van der Waals surface area contributed by atoms with Crippen molar-refractivity contribution >= 4 is 23.4 Å². The molecular weight excluding hydrogens is 208 g/mol. The lowest BCUT2D eigenvalue weighted by atomic mass is 10.2. The maximum atomic E-state index is 5.31. The predicted octanol–water partition coefficient (Wildman–Crippen LogP) is 1.67. The number of thioether (sulfide) groups is 1. The normalized spacial score (nSPS) is 21.0. The summed E-state index contributed by atoms with van der Waals surface area (Å²) >= 11 is 2.00. The molecule has 4 nitrogen and oxygen atoms in total. The molecule has 1 fully saturated rings. The number of aromatic nitrogens is 1. The Morgan fingerprint density at radius 1 is 1.40 bits per heavy atom. The van der Waals surface area contributed by atoms with Crippen molar-refractivity contribution in [2.45, 2.75) is 18.9 Å². The van der Waals surface area contributed by atoms with Crippen LogP contribution >= 0.6 is 11.8 Å². The molecule has 82 valence electrons. The molecule has 1 aliphatic rings. The monoisotopic (exact) mass is 224 g/mol. The summed E-state index contributed by atoms with van der Waals surface area (Å²) in [5.74, 6) is 9.36. The largest absolute Gasteiger partial charge is 0.366 e. The van der Waals surface area contributed by atoms with Crippen LogP contribution < -0.4 is 16.6 Å². The van der Waals surface area contributed by atoms with E-state index in [4.69, 9.17) is 5.84 Å². The highest BCUT2D eigenvalue weighted by atomic mass is 32.2. The summed E-state index contributed by atoms with van der Waals surface area (Å²) in [6.45, 7) is 0. The lowest BCUT2D eigenvalue weighted by molar-refractivity contribution is 0.682. The van der Waals surface area contributed by atoms with Gasteiger partial charge < -0.3 is 10.7 Å². The van der Waals surface area contributed by atoms with Crippen LogP contribution in [0.25, 0.3) is 0 Å². The third-order valence-corrected chi connectivity index (χ3v) is 3.62. The fraction of sp³-hybridized carbons (Fsp3) is 0.500. The molecule has 4 N–H and O–H groups in total. The average molecular weight is 224 g/mol. The first-order valence-corrected chi connectivity index (χ1v) is 6.32. The van der Waals surface area contributed by atoms with Gasteiger partial charge in [0.1, 0.15) is 11.6 Å². The molecule has 0 bridgehead atoms. The minimum absolute atomic E-state index is 0.546. The number of hydrogen-bond acceptors (Lipinski definition) is 5. The Morgan fingerprint density at radius 2 is 2.27 bits per heavy atom. The number of nitrogen functional groups attached to an aromatic ring is 1. The first kappa shape index (κ1) is 10.6. The van der Waals surface area contributed by atoms with Gasteiger partial charge in [-0.1, -0.05) is 6.07 Å². The molecule has 0 radical (unpaired) electrons. The van der Waals surface area contributed by atoms with Crippen LogP contribution in [0.3, 0.4) is 0 Å². The molecule has 1 aliphatic heterocycles. The molecule has 1 saturated heterocycles. The lowest BCUT2D eigenvalue weighted by Gasteiger charge is -2.23. The number of nitrogens with two attached hydrogens (primary N) is 1. The number of nitrogens with zero attached hydrogens (tertiary/aromatic N) is 1. The smallest absolute Gasteiger partial charge is 0.142 e. The Balaban J connectivity index is 1.96. The zero-order valence-electron chi connectivity index (χ0n) is 8.57. The molecule has 0 amide bonds. The molecule has 1 aromatic rings. The molecule has 1 unspecified atom stereocenters. The van der Waals surface area contributed by atoms with Gasteiger partial charge in [-0.25, -0.2) is 10.8 Å². The number of pyridine rings is 1. The van der Waals surface area contributed by atoms with Crippen molar-refractivity contribution < 1.29 is 0 Å². The molecule has 15 heavy (non-hydrogen) atoms. The number of hydrogen-bond donors (Lipinski definition) is 3. The molecule has 0 aromatic carbocycles. The summed E-state index contributed by atoms with van der Waals surface area (Å²) in [6, 6.07) is 6.31. The van der Waals surface area contributed by atoms with Crippen LogP contribution in [0.15, 0.2) is 18.2 Å². The van der Waals surface area contributed by atoms with E-state index < -0.39 is 0 Å². The minimum atomic E-state index is 0.546. The van der Waals surface area contributed by atoms with Crippen molar-refractivity contribution in [3.05, 3.63) is 18.2 Å². The van der Waals surface area contributed by atoms with Crippen LogP contribution in [0.1, 0.15) is 12.8 Å². The number of rotatable bonds is 3. The highest BCUT2D eigenvalue weighted by Crippen LogP contribution is 2.20. The Labute approximate surface area is 94.0 Å². The Bertz CT molecular complexity index is 312. The van der Waals surface area contributed by atoms with E-state index in [1.807, 2.05) is 30.0 Å². The quantitative estimate of drug-likeness (QED) is 0.538. The van der Waals surface area contributed by atoms with Crippen molar-refractivity contribution in [2.75, 3.05) is 22.2 Å². The van der Waals surface area contributed by atoms with Crippen LogP contribution in [0.2, 0.25) is 0 Å². The molecule has 1 aromatic heterocycles. The zero-order valence-corrected chi connectivity index (χ0v) is 9.39. The van der Waals surface area contributed by atoms with Crippen molar-refractivity contribution in [2.24, 2.45) is 5.84 Å². The number of hydrazine groups is 1. The van der Waals surface area contributed by atoms with Crippen LogP contribution in [-0.4, -0.2) is 22.5 Å². The molecule has 2 heterocycles. The van der Waals surface area contributed by atoms with Gasteiger partial charge in [-0.2, -0.15) is 11.8 Å². The van der Waals surface area contributed by atoms with Crippen LogP contribution in [0.4, 0.5) is 11.6 Å². The summed E-state index contributed by atoms with van der Waals surface area (Å²) in [6.07, 6.45) is 2.52. The first-order valence-electron chi connectivity index (χ1n) is 5.16. The molecule has 2 rings (SSSR count). The molecule has 0 spiro atoms. The van der Waals surface area contributed by atoms with Gasteiger partial charge in [-0.05, 0) is 30.7 Å². The SMILES string of the molecule is NNc1cccc(NC2CCCSC2)n1. The van der Waals surface area contributed by atoms with E-state index in [2.05, 4.69) is 15.7 Å². The number of anilines is 2. The maximum Gasteiger partial charge on any atom is 0.142 e. The van der Waals surface area contributed by atoms with Gasteiger partial charge >= 0.3 is 0 Å². The topological polar surface area (TPSA) is 63.0 Å². The third-order valence-electron chi connectivity index (χ3n) is 2.41. The van der Waals surface area contributed by atoms with E-state index in [9.17, 15) is 0 Å². The second-order valence-corrected chi connectivity index (χ2v) is 4.76. The van der Waals surface area contributed by atoms with Crippen molar-refractivity contribution in [3.63, 3.8) is 0 Å². The summed E-state index contributed by atoms with van der Waals surface area (Å²) in [4.78, 5) is 4.33. The van der Waals surface area contributed by atoms with Crippen LogP contribution in [0, 0.1) is 0 Å². The summed E-state index contributed by atoms with van der Waals surface area (Å²) in [7, 11) is 0. The van der Waals surface area contributed by atoms with E-state index in [0.717, 1.165) is 5.82 Å². The van der Waals surface area contributed by atoms with E-state index in [1.54, 1.807) is 0 Å². The Hall–Kier alpha value is -0.940. The van der Waals surface area contributed by atoms with Gasteiger partial charge in [0.05, 0.1) is 0 Å². The molecule has 0 aliphatic carbocycles. The van der Waals surface area contributed by atoms with Gasteiger partial charge in [0, 0.05) is 11.8 Å². The summed E-state index contributed by atoms with van der Waals surface area (Å²) in [5.41, 5.74) is 2.55. The van der Waals surface area contributed by atoms with Gasteiger partial charge in [-0.15, -0.1) is 0 Å². The van der Waals surface area contributed by atoms with Gasteiger partial charge in [-0.3, -0.25) is 0 Å². The Kier molecular flexibility index (Phi) is 3.69. The Morgan fingerprint density at radius 3 is 3.00 bits per heavy atom. The van der Waals surface area contributed by atoms with Crippen LogP contribution in [0.5, 0.6) is 0 Å². The second kappa shape index (κ2) is 5.23. The highest BCUT2D eigenvalue weighted by molar-refractivity contribution is 7.99. The summed E-state index contributed by atoms with van der Waals surface area (Å²) in [5, 5.41) is 3.43. The molecule has 0 saturated carbocycles. The molecular formula is C10H16N4S. The maximum absolute atomic E-state index is 5.31. The average Bonchev–Trinajstić information content (AvgIpc) is 2.31. The lowest BCUT2D eigenvalue weighted by Crippen LogP contribution is -2.26. The minimum Gasteiger partial charge on any atom is -0.366 e. The van der Waals surface area contributed by atoms with Crippen LogP contribution in [-0.2, 0) is 0 Å². The fourth-order valence-corrected chi connectivity index (χ4v) is 2.73. The molecule has 5 heteroatoms. The zero-order chi connectivity index (χ0) is 10.5. The third kappa shape index (κ3) is 3.00. The van der Waals surface area contributed by atoms with Crippen molar-refractivity contribution in [3.8, 4) is 0 Å². The highest BCUT2D eigenvalue weighted by Gasteiger charge is 2.13.